The Morgan fingerprint density at radius 2 is 2.10 bits per heavy atom. The summed E-state index contributed by atoms with van der Waals surface area (Å²) in [7, 11) is 0. The van der Waals surface area contributed by atoms with Crippen molar-refractivity contribution in [2.75, 3.05) is 20.0 Å². The minimum absolute atomic E-state index is 0.159. The second-order valence-corrected chi connectivity index (χ2v) is 2.40. The lowest BCUT2D eigenvalue weighted by Crippen LogP contribution is -2.28. The van der Waals surface area contributed by atoms with Gasteiger partial charge < -0.3 is 15.2 Å². The van der Waals surface area contributed by atoms with E-state index in [9.17, 15) is 4.79 Å². The zero-order valence-electron chi connectivity index (χ0n) is 5.71. The zero-order chi connectivity index (χ0) is 7.40. The van der Waals surface area contributed by atoms with Gasteiger partial charge in [-0.25, -0.2) is 0 Å². The van der Waals surface area contributed by atoms with Crippen molar-refractivity contribution in [2.45, 2.75) is 6.42 Å². The molecule has 1 aliphatic rings. The Bertz CT molecular complexity index is 120. The SMILES string of the molecule is NC(=O)CC1COCOC1. The lowest BCUT2D eigenvalue weighted by atomic mass is 10.1. The first-order valence-electron chi connectivity index (χ1n) is 3.23. The molecule has 1 amide bonds. The highest BCUT2D eigenvalue weighted by atomic mass is 16.7. The predicted molar refractivity (Wildman–Crippen MR) is 34.1 cm³/mol. The number of ether oxygens (including phenoxy) is 2. The number of primary amides is 1. The van der Waals surface area contributed by atoms with Crippen LogP contribution in [0.25, 0.3) is 0 Å². The Morgan fingerprint density at radius 3 is 2.60 bits per heavy atom. The van der Waals surface area contributed by atoms with E-state index in [1.165, 1.54) is 0 Å². The third-order valence-corrected chi connectivity index (χ3v) is 1.36. The van der Waals surface area contributed by atoms with Crippen LogP contribution in [0.15, 0.2) is 0 Å². The van der Waals surface area contributed by atoms with Gasteiger partial charge in [-0.05, 0) is 0 Å². The number of amides is 1. The van der Waals surface area contributed by atoms with Gasteiger partial charge in [0, 0.05) is 12.3 Å². The van der Waals surface area contributed by atoms with E-state index in [0.29, 0.717) is 26.4 Å². The third kappa shape index (κ3) is 2.33. The molecule has 4 heteroatoms. The van der Waals surface area contributed by atoms with Crippen LogP contribution in [0.4, 0.5) is 0 Å². The number of rotatable bonds is 2. The van der Waals surface area contributed by atoms with Gasteiger partial charge in [-0.2, -0.15) is 0 Å². The van der Waals surface area contributed by atoms with E-state index >= 15 is 0 Å². The lowest BCUT2D eigenvalue weighted by Gasteiger charge is -2.20. The molecule has 0 bridgehead atoms. The van der Waals surface area contributed by atoms with Gasteiger partial charge in [0.25, 0.3) is 0 Å². The molecule has 1 heterocycles. The van der Waals surface area contributed by atoms with E-state index in [1.807, 2.05) is 0 Å². The number of nitrogens with two attached hydrogens (primary N) is 1. The average molecular weight is 145 g/mol. The van der Waals surface area contributed by atoms with Crippen LogP contribution in [-0.4, -0.2) is 25.9 Å². The van der Waals surface area contributed by atoms with Crippen molar-refractivity contribution in [3.63, 3.8) is 0 Å². The maximum atomic E-state index is 10.4. The maximum Gasteiger partial charge on any atom is 0.217 e. The van der Waals surface area contributed by atoms with Crippen LogP contribution in [0, 0.1) is 5.92 Å². The highest BCUT2D eigenvalue weighted by Gasteiger charge is 2.15. The number of hydrogen-bond acceptors (Lipinski definition) is 3. The third-order valence-electron chi connectivity index (χ3n) is 1.36. The van der Waals surface area contributed by atoms with Crippen LogP contribution in [-0.2, 0) is 14.3 Å². The molecule has 0 spiro atoms. The van der Waals surface area contributed by atoms with Crippen LogP contribution in [0.3, 0.4) is 0 Å². The van der Waals surface area contributed by atoms with Crippen molar-refractivity contribution in [1.82, 2.24) is 0 Å². The monoisotopic (exact) mass is 145 g/mol. The number of carbonyl (C=O) groups excluding carboxylic acids is 1. The Labute approximate surface area is 59.3 Å². The minimum Gasteiger partial charge on any atom is -0.370 e. The van der Waals surface area contributed by atoms with Gasteiger partial charge in [0.1, 0.15) is 6.79 Å². The molecule has 0 aromatic carbocycles. The molecule has 1 fully saturated rings. The summed E-state index contributed by atoms with van der Waals surface area (Å²) in [6, 6.07) is 0. The molecule has 0 unspecified atom stereocenters. The summed E-state index contributed by atoms with van der Waals surface area (Å²) in [4.78, 5) is 10.4. The van der Waals surface area contributed by atoms with E-state index in [0.717, 1.165) is 0 Å². The Balaban J connectivity index is 2.19. The second-order valence-electron chi connectivity index (χ2n) is 2.40. The molecular weight excluding hydrogens is 134 g/mol. The topological polar surface area (TPSA) is 61.6 Å². The summed E-state index contributed by atoms with van der Waals surface area (Å²) in [6.07, 6.45) is 0.361. The molecule has 1 saturated heterocycles. The van der Waals surface area contributed by atoms with Crippen molar-refractivity contribution >= 4 is 5.91 Å². The van der Waals surface area contributed by atoms with Crippen LogP contribution < -0.4 is 5.73 Å². The van der Waals surface area contributed by atoms with E-state index in [1.54, 1.807) is 0 Å². The Kier molecular flexibility index (Phi) is 2.65. The molecule has 4 nitrogen and oxygen atoms in total. The first-order valence-corrected chi connectivity index (χ1v) is 3.23. The Hall–Kier alpha value is -0.610. The first kappa shape index (κ1) is 7.50. The number of carbonyl (C=O) groups is 1. The molecule has 1 aliphatic heterocycles. The first-order chi connectivity index (χ1) is 4.79. The van der Waals surface area contributed by atoms with Crippen molar-refractivity contribution in [1.29, 1.82) is 0 Å². The summed E-state index contributed by atoms with van der Waals surface area (Å²) >= 11 is 0. The summed E-state index contributed by atoms with van der Waals surface area (Å²) in [5.41, 5.74) is 4.97. The summed E-state index contributed by atoms with van der Waals surface area (Å²) in [5.74, 6) is -0.134. The molecule has 0 aromatic heterocycles. The van der Waals surface area contributed by atoms with Crippen LogP contribution in [0.1, 0.15) is 6.42 Å². The molecule has 0 aromatic rings. The van der Waals surface area contributed by atoms with Crippen molar-refractivity contribution in [2.24, 2.45) is 11.7 Å². The van der Waals surface area contributed by atoms with Gasteiger partial charge in [0.2, 0.25) is 5.91 Å². The quantitative estimate of drug-likeness (QED) is 0.568. The molecule has 0 aliphatic carbocycles. The molecule has 1 rings (SSSR count). The standard InChI is InChI=1S/C6H11NO3/c7-6(8)1-5-2-9-4-10-3-5/h5H,1-4H2,(H2,7,8). The second kappa shape index (κ2) is 3.53. The molecule has 0 atom stereocenters. The normalized spacial score (nSPS) is 20.8. The lowest BCUT2D eigenvalue weighted by molar-refractivity contribution is -0.137. The Morgan fingerprint density at radius 1 is 1.50 bits per heavy atom. The van der Waals surface area contributed by atoms with Crippen LogP contribution >= 0.6 is 0 Å². The van der Waals surface area contributed by atoms with E-state index < -0.39 is 0 Å². The largest absolute Gasteiger partial charge is 0.370 e. The molecule has 58 valence electrons. The van der Waals surface area contributed by atoms with Gasteiger partial charge in [-0.15, -0.1) is 0 Å². The van der Waals surface area contributed by atoms with E-state index in [2.05, 4.69) is 0 Å². The van der Waals surface area contributed by atoms with Gasteiger partial charge in [0.05, 0.1) is 13.2 Å². The average Bonchev–Trinajstić information content (AvgIpc) is 1.88. The predicted octanol–water partition coefficient (Wildman–Crippen LogP) is -0.518. The zero-order valence-corrected chi connectivity index (χ0v) is 5.71. The van der Waals surface area contributed by atoms with Crippen LogP contribution in [0.5, 0.6) is 0 Å². The molecule has 10 heavy (non-hydrogen) atoms. The molecular formula is C6H11NO3. The minimum atomic E-state index is -0.292. The van der Waals surface area contributed by atoms with Crippen molar-refractivity contribution in [3.8, 4) is 0 Å². The fourth-order valence-corrected chi connectivity index (χ4v) is 0.939. The molecule has 2 N–H and O–H groups in total. The fraction of sp³-hybridized carbons (Fsp3) is 0.833. The maximum absolute atomic E-state index is 10.4. The summed E-state index contributed by atoms with van der Waals surface area (Å²) in [6.45, 7) is 1.52. The summed E-state index contributed by atoms with van der Waals surface area (Å²) in [5, 5.41) is 0. The van der Waals surface area contributed by atoms with Gasteiger partial charge in [0.15, 0.2) is 0 Å². The van der Waals surface area contributed by atoms with Crippen molar-refractivity contribution < 1.29 is 14.3 Å². The van der Waals surface area contributed by atoms with Gasteiger partial charge >= 0.3 is 0 Å². The highest BCUT2D eigenvalue weighted by Crippen LogP contribution is 2.08. The van der Waals surface area contributed by atoms with Gasteiger partial charge in [-0.3, -0.25) is 4.79 Å². The van der Waals surface area contributed by atoms with Gasteiger partial charge in [-0.1, -0.05) is 0 Å². The molecule has 0 saturated carbocycles. The smallest absolute Gasteiger partial charge is 0.217 e. The van der Waals surface area contributed by atoms with Crippen molar-refractivity contribution in [3.05, 3.63) is 0 Å². The van der Waals surface area contributed by atoms with Crippen LogP contribution in [0.2, 0.25) is 0 Å². The molecule has 0 radical (unpaired) electrons. The highest BCUT2D eigenvalue weighted by molar-refractivity contribution is 5.74. The number of hydrogen-bond donors (Lipinski definition) is 1. The fourth-order valence-electron chi connectivity index (χ4n) is 0.939. The van der Waals surface area contributed by atoms with E-state index in [-0.39, 0.29) is 11.8 Å². The summed E-state index contributed by atoms with van der Waals surface area (Å²) < 4.78 is 9.91. The van der Waals surface area contributed by atoms with E-state index in [4.69, 9.17) is 15.2 Å².